The summed E-state index contributed by atoms with van der Waals surface area (Å²) in [4.78, 5) is 0. The van der Waals surface area contributed by atoms with E-state index in [0.717, 1.165) is 19.4 Å². The van der Waals surface area contributed by atoms with Gasteiger partial charge in [-0.2, -0.15) is 0 Å². The molecule has 1 N–H and O–H groups in total. The molecule has 0 aromatic heterocycles. The predicted octanol–water partition coefficient (Wildman–Crippen LogP) is 4.47. The van der Waals surface area contributed by atoms with Gasteiger partial charge in [-0.3, -0.25) is 0 Å². The van der Waals surface area contributed by atoms with Gasteiger partial charge in [0.1, 0.15) is 0 Å². The number of rotatable bonds is 6. The van der Waals surface area contributed by atoms with Gasteiger partial charge in [-0.05, 0) is 38.7 Å². The number of ether oxygens (including phenoxy) is 1. The molecule has 0 bridgehead atoms. The van der Waals surface area contributed by atoms with Crippen molar-refractivity contribution in [3.63, 3.8) is 0 Å². The summed E-state index contributed by atoms with van der Waals surface area (Å²) in [6, 6.07) is 11.9. The summed E-state index contributed by atoms with van der Waals surface area (Å²) in [6.45, 7) is 7.54. The molecule has 2 unspecified atom stereocenters. The average molecular weight is 275 g/mol. The normalized spacial score (nSPS) is 23.4. The number of hydrogen-bond donors (Lipinski definition) is 1. The van der Waals surface area contributed by atoms with E-state index >= 15 is 0 Å². The fraction of sp³-hybridized carbons (Fsp3) is 0.667. The van der Waals surface area contributed by atoms with Gasteiger partial charge in [-0.15, -0.1) is 0 Å². The van der Waals surface area contributed by atoms with E-state index in [4.69, 9.17) is 4.74 Å². The molecule has 20 heavy (non-hydrogen) atoms. The second-order valence-electron chi connectivity index (χ2n) is 6.57. The summed E-state index contributed by atoms with van der Waals surface area (Å²) in [7, 11) is 0. The van der Waals surface area contributed by atoms with Crippen molar-refractivity contribution in [3.8, 4) is 0 Å². The lowest BCUT2D eigenvalue weighted by Gasteiger charge is -2.38. The highest BCUT2D eigenvalue weighted by Crippen LogP contribution is 2.27. The maximum atomic E-state index is 5.82. The highest BCUT2D eigenvalue weighted by atomic mass is 16.5. The molecule has 0 spiro atoms. The van der Waals surface area contributed by atoms with E-state index < -0.39 is 0 Å². The molecule has 112 valence electrons. The molecule has 1 saturated heterocycles. The lowest BCUT2D eigenvalue weighted by molar-refractivity contribution is -0.0643. The van der Waals surface area contributed by atoms with Crippen LogP contribution in [0.3, 0.4) is 0 Å². The molecule has 2 rings (SSSR count). The highest BCUT2D eigenvalue weighted by Gasteiger charge is 2.30. The van der Waals surface area contributed by atoms with Crippen LogP contribution in [-0.4, -0.2) is 18.2 Å². The van der Waals surface area contributed by atoms with Crippen LogP contribution in [0.15, 0.2) is 30.3 Å². The Labute approximate surface area is 123 Å². The Bertz CT molecular complexity index is 388. The van der Waals surface area contributed by atoms with Gasteiger partial charge >= 0.3 is 0 Å². The van der Waals surface area contributed by atoms with E-state index in [0.29, 0.717) is 12.1 Å². The lowest BCUT2D eigenvalue weighted by atomic mass is 9.92. The minimum absolute atomic E-state index is 0.0158. The summed E-state index contributed by atoms with van der Waals surface area (Å²) < 4.78 is 5.82. The molecule has 0 aliphatic carbocycles. The molecule has 0 radical (unpaired) electrons. The van der Waals surface area contributed by atoms with Crippen LogP contribution in [0.4, 0.5) is 0 Å². The third-order valence-electron chi connectivity index (χ3n) is 4.18. The van der Waals surface area contributed by atoms with Crippen molar-refractivity contribution >= 4 is 0 Å². The Balaban J connectivity index is 2.00. The van der Waals surface area contributed by atoms with Gasteiger partial charge in [0.05, 0.1) is 5.60 Å². The molecular weight excluding hydrogens is 246 g/mol. The minimum atomic E-state index is 0.0158. The summed E-state index contributed by atoms with van der Waals surface area (Å²) >= 11 is 0. The maximum absolute atomic E-state index is 5.82. The molecule has 1 aliphatic rings. The van der Waals surface area contributed by atoms with Crippen molar-refractivity contribution in [1.82, 2.24) is 5.32 Å². The first-order chi connectivity index (χ1) is 9.61. The smallest absolute Gasteiger partial charge is 0.0641 e. The van der Waals surface area contributed by atoms with Gasteiger partial charge in [0.15, 0.2) is 0 Å². The van der Waals surface area contributed by atoms with Gasteiger partial charge in [0.2, 0.25) is 0 Å². The Morgan fingerprint density at radius 2 is 2.05 bits per heavy atom. The molecule has 1 heterocycles. The van der Waals surface area contributed by atoms with Crippen LogP contribution in [0, 0.1) is 0 Å². The first-order valence-electron chi connectivity index (χ1n) is 8.05. The summed E-state index contributed by atoms with van der Waals surface area (Å²) in [5.74, 6) is 0. The topological polar surface area (TPSA) is 21.3 Å². The van der Waals surface area contributed by atoms with E-state index in [1.165, 1.54) is 24.8 Å². The van der Waals surface area contributed by atoms with Crippen molar-refractivity contribution in [2.45, 2.75) is 70.6 Å². The maximum Gasteiger partial charge on any atom is 0.0641 e. The lowest BCUT2D eigenvalue weighted by Crippen LogP contribution is -2.44. The molecule has 1 fully saturated rings. The molecule has 1 aromatic carbocycles. The number of benzene rings is 1. The molecule has 1 aromatic rings. The van der Waals surface area contributed by atoms with Crippen LogP contribution in [0.2, 0.25) is 0 Å². The van der Waals surface area contributed by atoms with E-state index in [-0.39, 0.29) is 5.60 Å². The van der Waals surface area contributed by atoms with Gasteiger partial charge in [-0.1, -0.05) is 50.1 Å². The summed E-state index contributed by atoms with van der Waals surface area (Å²) in [5.41, 5.74) is 1.44. The number of hydrogen-bond acceptors (Lipinski definition) is 2. The molecule has 0 saturated carbocycles. The van der Waals surface area contributed by atoms with E-state index in [1.807, 2.05) is 0 Å². The predicted molar refractivity (Wildman–Crippen MR) is 84.9 cm³/mol. The monoisotopic (exact) mass is 275 g/mol. The van der Waals surface area contributed by atoms with Crippen molar-refractivity contribution in [3.05, 3.63) is 35.9 Å². The second kappa shape index (κ2) is 7.24. The Hall–Kier alpha value is -0.860. The van der Waals surface area contributed by atoms with Crippen LogP contribution in [0.25, 0.3) is 0 Å². The first-order valence-corrected chi connectivity index (χ1v) is 8.05. The van der Waals surface area contributed by atoms with Crippen molar-refractivity contribution < 1.29 is 4.74 Å². The van der Waals surface area contributed by atoms with Crippen LogP contribution in [0.1, 0.15) is 64.5 Å². The average Bonchev–Trinajstić information content (AvgIpc) is 2.43. The number of nitrogens with one attached hydrogen (secondary N) is 1. The van der Waals surface area contributed by atoms with Crippen LogP contribution >= 0.6 is 0 Å². The largest absolute Gasteiger partial charge is 0.375 e. The van der Waals surface area contributed by atoms with Crippen LogP contribution in [0.5, 0.6) is 0 Å². The van der Waals surface area contributed by atoms with Gasteiger partial charge in [0.25, 0.3) is 0 Å². The minimum Gasteiger partial charge on any atom is -0.375 e. The SMILES string of the molecule is CCCCC(NC1CCOC(C)(C)C1)c1ccccc1. The third kappa shape index (κ3) is 4.60. The quantitative estimate of drug-likeness (QED) is 0.827. The molecule has 2 heteroatoms. The van der Waals surface area contributed by atoms with Crippen molar-refractivity contribution in [2.24, 2.45) is 0 Å². The molecule has 0 amide bonds. The highest BCUT2D eigenvalue weighted by molar-refractivity contribution is 5.19. The molecule has 2 atom stereocenters. The Morgan fingerprint density at radius 1 is 1.30 bits per heavy atom. The van der Waals surface area contributed by atoms with Gasteiger partial charge < -0.3 is 10.1 Å². The zero-order valence-electron chi connectivity index (χ0n) is 13.2. The number of unbranched alkanes of at least 4 members (excludes halogenated alkanes) is 1. The van der Waals surface area contributed by atoms with Crippen molar-refractivity contribution in [1.29, 1.82) is 0 Å². The Kier molecular flexibility index (Phi) is 5.62. The zero-order chi connectivity index (χ0) is 14.4. The van der Waals surface area contributed by atoms with Crippen molar-refractivity contribution in [2.75, 3.05) is 6.61 Å². The standard InChI is InChI=1S/C18H29NO/c1-4-5-11-17(15-9-7-6-8-10-15)19-16-12-13-20-18(2,3)14-16/h6-10,16-17,19H,4-5,11-14H2,1-3H3. The van der Waals surface area contributed by atoms with E-state index in [1.54, 1.807) is 0 Å². The van der Waals surface area contributed by atoms with E-state index in [9.17, 15) is 0 Å². The van der Waals surface area contributed by atoms with Gasteiger partial charge in [0, 0.05) is 18.7 Å². The Morgan fingerprint density at radius 3 is 2.70 bits per heavy atom. The van der Waals surface area contributed by atoms with Gasteiger partial charge in [-0.25, -0.2) is 0 Å². The molecule has 2 nitrogen and oxygen atoms in total. The third-order valence-corrected chi connectivity index (χ3v) is 4.18. The molecule has 1 aliphatic heterocycles. The summed E-state index contributed by atoms with van der Waals surface area (Å²) in [6.07, 6.45) is 5.98. The fourth-order valence-electron chi connectivity index (χ4n) is 3.10. The first kappa shape index (κ1) is 15.5. The summed E-state index contributed by atoms with van der Waals surface area (Å²) in [5, 5.41) is 3.88. The fourth-order valence-corrected chi connectivity index (χ4v) is 3.10. The van der Waals surface area contributed by atoms with Crippen LogP contribution < -0.4 is 5.32 Å². The zero-order valence-corrected chi connectivity index (χ0v) is 13.2. The van der Waals surface area contributed by atoms with Crippen LogP contribution in [-0.2, 0) is 4.74 Å². The molecular formula is C18H29NO. The second-order valence-corrected chi connectivity index (χ2v) is 6.57. The van der Waals surface area contributed by atoms with E-state index in [2.05, 4.69) is 56.4 Å².